The second-order valence-corrected chi connectivity index (χ2v) is 2.93. The lowest BCUT2D eigenvalue weighted by Gasteiger charge is -2.13. The average molecular weight is 224 g/mol. The highest BCUT2D eigenvalue weighted by molar-refractivity contribution is 5.76. The van der Waals surface area contributed by atoms with Gasteiger partial charge in [0, 0.05) is 0 Å². The predicted molar refractivity (Wildman–Crippen MR) is 50.8 cm³/mol. The molecule has 0 aliphatic rings. The number of alkyl carbamates (subject to hydrolysis) is 1. The van der Waals surface area contributed by atoms with Crippen molar-refractivity contribution in [3.05, 3.63) is 35.9 Å². The van der Waals surface area contributed by atoms with Crippen LogP contribution in [0.4, 0.5) is 4.79 Å². The van der Waals surface area contributed by atoms with E-state index in [9.17, 15) is 14.7 Å². The standard InChI is InChI=1S/C10H11NO5/c12-8(9(13)14)11-10(15)16-6-7-4-2-1-3-5-7/h1-5,8,12H,6H2,(H,11,15)(H,13,14)/p-1/t8-/m0/s1. The lowest BCUT2D eigenvalue weighted by atomic mass is 10.2. The Labute approximate surface area is 91.5 Å². The topological polar surface area (TPSA) is 98.7 Å². The van der Waals surface area contributed by atoms with Crippen LogP contribution in [0.1, 0.15) is 5.56 Å². The number of carboxylic acids is 1. The number of benzene rings is 1. The van der Waals surface area contributed by atoms with Crippen LogP contribution in [0.3, 0.4) is 0 Å². The molecule has 0 aliphatic heterocycles. The van der Waals surface area contributed by atoms with Gasteiger partial charge in [-0.2, -0.15) is 0 Å². The number of rotatable bonds is 4. The first kappa shape index (κ1) is 12.0. The summed E-state index contributed by atoms with van der Waals surface area (Å²) in [5.74, 6) is -1.79. The quantitative estimate of drug-likeness (QED) is 0.638. The molecule has 1 rings (SSSR count). The van der Waals surface area contributed by atoms with Gasteiger partial charge in [-0.1, -0.05) is 30.3 Å². The molecule has 0 aliphatic carbocycles. The van der Waals surface area contributed by atoms with Gasteiger partial charge >= 0.3 is 6.09 Å². The maximum absolute atomic E-state index is 10.9. The Kier molecular flexibility index (Phi) is 4.28. The second-order valence-electron chi connectivity index (χ2n) is 2.93. The molecule has 0 saturated carbocycles. The first-order chi connectivity index (χ1) is 7.59. The fourth-order valence-corrected chi connectivity index (χ4v) is 0.935. The fourth-order valence-electron chi connectivity index (χ4n) is 0.935. The van der Waals surface area contributed by atoms with E-state index in [2.05, 4.69) is 4.74 Å². The van der Waals surface area contributed by atoms with Gasteiger partial charge in [0.25, 0.3) is 0 Å². The lowest BCUT2D eigenvalue weighted by molar-refractivity contribution is -0.316. The SMILES string of the molecule is O=C(N[C@@H](O)C(=O)[O-])OCc1ccccc1. The molecule has 6 heteroatoms. The molecule has 16 heavy (non-hydrogen) atoms. The summed E-state index contributed by atoms with van der Waals surface area (Å²) in [5.41, 5.74) is 0.751. The van der Waals surface area contributed by atoms with Crippen LogP contribution < -0.4 is 10.4 Å². The van der Waals surface area contributed by atoms with Crippen molar-refractivity contribution >= 4 is 12.1 Å². The van der Waals surface area contributed by atoms with Crippen molar-refractivity contribution < 1.29 is 24.5 Å². The van der Waals surface area contributed by atoms with Crippen LogP contribution in [0, 0.1) is 0 Å². The minimum absolute atomic E-state index is 0.00750. The number of ether oxygens (including phenoxy) is 1. The Hall–Kier alpha value is -2.08. The van der Waals surface area contributed by atoms with Gasteiger partial charge in [-0.15, -0.1) is 0 Å². The number of carbonyl (C=O) groups excluding carboxylic acids is 2. The Morgan fingerprint density at radius 3 is 2.56 bits per heavy atom. The number of hydrogen-bond donors (Lipinski definition) is 2. The van der Waals surface area contributed by atoms with Crippen molar-refractivity contribution in [2.24, 2.45) is 0 Å². The minimum atomic E-state index is -2.07. The third-order valence-electron chi connectivity index (χ3n) is 1.69. The summed E-state index contributed by atoms with van der Waals surface area (Å²) in [5, 5.41) is 20.5. The number of hydrogen-bond acceptors (Lipinski definition) is 5. The molecular weight excluding hydrogens is 214 g/mol. The number of carboxylic acid groups (broad SMARTS) is 1. The van der Waals surface area contributed by atoms with Gasteiger partial charge in [0.2, 0.25) is 0 Å². The van der Waals surface area contributed by atoms with Crippen molar-refractivity contribution in [1.29, 1.82) is 0 Å². The Morgan fingerprint density at radius 2 is 2.00 bits per heavy atom. The summed E-state index contributed by atoms with van der Waals surface area (Å²) < 4.78 is 4.65. The van der Waals surface area contributed by atoms with E-state index in [1.165, 1.54) is 0 Å². The summed E-state index contributed by atoms with van der Waals surface area (Å²) in [6.45, 7) is -0.00750. The average Bonchev–Trinajstić information content (AvgIpc) is 2.27. The van der Waals surface area contributed by atoms with E-state index in [0.717, 1.165) is 5.56 Å². The molecule has 0 unspecified atom stereocenters. The molecule has 2 N–H and O–H groups in total. The molecule has 1 amide bonds. The molecule has 0 aromatic heterocycles. The maximum atomic E-state index is 10.9. The van der Waals surface area contributed by atoms with Crippen molar-refractivity contribution in [2.45, 2.75) is 12.8 Å². The third-order valence-corrected chi connectivity index (χ3v) is 1.69. The monoisotopic (exact) mass is 224 g/mol. The zero-order valence-electron chi connectivity index (χ0n) is 8.25. The molecule has 0 heterocycles. The lowest BCUT2D eigenvalue weighted by Crippen LogP contribution is -2.47. The summed E-state index contributed by atoms with van der Waals surface area (Å²) >= 11 is 0. The van der Waals surface area contributed by atoms with Gasteiger partial charge < -0.3 is 19.7 Å². The normalized spacial score (nSPS) is 11.6. The van der Waals surface area contributed by atoms with Crippen molar-refractivity contribution in [2.75, 3.05) is 0 Å². The van der Waals surface area contributed by atoms with E-state index in [0.29, 0.717) is 0 Å². The summed E-state index contributed by atoms with van der Waals surface area (Å²) in [7, 11) is 0. The molecule has 86 valence electrons. The molecule has 6 nitrogen and oxygen atoms in total. The van der Waals surface area contributed by atoms with Crippen LogP contribution in [0.15, 0.2) is 30.3 Å². The largest absolute Gasteiger partial charge is 0.545 e. The van der Waals surface area contributed by atoms with Crippen molar-refractivity contribution in [1.82, 2.24) is 5.32 Å². The molecule has 1 atom stereocenters. The summed E-state index contributed by atoms with van der Waals surface area (Å²) in [6.07, 6.45) is -3.09. The number of carbonyl (C=O) groups is 2. The van der Waals surface area contributed by atoms with Gasteiger partial charge in [0.1, 0.15) is 6.61 Å². The summed E-state index contributed by atoms with van der Waals surface area (Å²) in [4.78, 5) is 21.0. The van der Waals surface area contributed by atoms with Crippen molar-refractivity contribution in [3.8, 4) is 0 Å². The maximum Gasteiger partial charge on any atom is 0.409 e. The van der Waals surface area contributed by atoms with Gasteiger partial charge in [0.05, 0.1) is 5.97 Å². The third kappa shape index (κ3) is 3.97. The number of aliphatic carboxylic acids is 1. The van der Waals surface area contributed by atoms with Crippen LogP contribution in [-0.4, -0.2) is 23.4 Å². The van der Waals surface area contributed by atoms with Crippen LogP contribution in [0.5, 0.6) is 0 Å². The minimum Gasteiger partial charge on any atom is -0.545 e. The fraction of sp³-hybridized carbons (Fsp3) is 0.200. The Bertz CT molecular complexity index is 365. The molecule has 0 fully saturated rings. The highest BCUT2D eigenvalue weighted by atomic mass is 16.6. The number of amides is 1. The second kappa shape index (κ2) is 5.72. The zero-order valence-corrected chi connectivity index (χ0v) is 8.25. The molecule has 0 radical (unpaired) electrons. The first-order valence-corrected chi connectivity index (χ1v) is 4.45. The first-order valence-electron chi connectivity index (χ1n) is 4.45. The number of aliphatic hydroxyl groups excluding tert-OH is 1. The van der Waals surface area contributed by atoms with E-state index in [4.69, 9.17) is 5.11 Å². The molecule has 1 aromatic rings. The Balaban J connectivity index is 2.33. The zero-order chi connectivity index (χ0) is 12.0. The van der Waals surface area contributed by atoms with Gasteiger partial charge in [-0.25, -0.2) is 4.79 Å². The van der Waals surface area contributed by atoms with Gasteiger partial charge in [-0.3, -0.25) is 5.32 Å². The number of nitrogens with one attached hydrogen (secondary N) is 1. The molecule has 0 saturated heterocycles. The van der Waals surface area contributed by atoms with E-state index in [1.807, 2.05) is 6.07 Å². The van der Waals surface area contributed by atoms with Crippen LogP contribution in [0.2, 0.25) is 0 Å². The van der Waals surface area contributed by atoms with Gasteiger partial charge in [-0.05, 0) is 5.56 Å². The highest BCUT2D eigenvalue weighted by Crippen LogP contribution is 2.00. The molecule has 0 spiro atoms. The molecule has 0 bridgehead atoms. The smallest absolute Gasteiger partial charge is 0.409 e. The van der Waals surface area contributed by atoms with Crippen LogP contribution in [-0.2, 0) is 16.1 Å². The molecular formula is C10H10NO5-. The summed E-state index contributed by atoms with van der Waals surface area (Å²) in [6, 6.07) is 8.83. The van der Waals surface area contributed by atoms with E-state index < -0.39 is 18.3 Å². The van der Waals surface area contributed by atoms with E-state index in [-0.39, 0.29) is 6.61 Å². The van der Waals surface area contributed by atoms with Crippen LogP contribution >= 0.6 is 0 Å². The molecule has 1 aromatic carbocycles. The Morgan fingerprint density at radius 1 is 1.38 bits per heavy atom. The van der Waals surface area contributed by atoms with E-state index in [1.54, 1.807) is 29.6 Å². The predicted octanol–water partition coefficient (Wildman–Crippen LogP) is -1.02. The van der Waals surface area contributed by atoms with Crippen LogP contribution in [0.25, 0.3) is 0 Å². The van der Waals surface area contributed by atoms with Gasteiger partial charge in [0.15, 0.2) is 6.23 Å². The van der Waals surface area contributed by atoms with Crippen molar-refractivity contribution in [3.63, 3.8) is 0 Å². The highest BCUT2D eigenvalue weighted by Gasteiger charge is 2.09. The van der Waals surface area contributed by atoms with E-state index >= 15 is 0 Å². The number of aliphatic hydroxyl groups is 1.